The molecule has 15 nitrogen and oxygen atoms in total. The first kappa shape index (κ1) is 51.0. The molecule has 0 radical (unpaired) electrons. The van der Waals surface area contributed by atoms with Gasteiger partial charge < -0.3 is 34.3 Å². The highest BCUT2D eigenvalue weighted by Crippen LogP contribution is 2.41. The molecule has 2 unspecified atom stereocenters. The number of esters is 1. The first-order valence-electron chi connectivity index (χ1n) is 24.5. The number of aromatic nitrogens is 2. The van der Waals surface area contributed by atoms with E-state index in [1.807, 2.05) is 57.1 Å². The Bertz CT molecular complexity index is 2580. The van der Waals surface area contributed by atoms with Gasteiger partial charge >= 0.3 is 5.97 Å². The zero-order valence-electron chi connectivity index (χ0n) is 41.8. The van der Waals surface area contributed by atoms with Crippen molar-refractivity contribution in [1.29, 1.82) is 0 Å². The second-order valence-electron chi connectivity index (χ2n) is 20.6. The number of hydrazine groups is 1. The van der Waals surface area contributed by atoms with Gasteiger partial charge in [0, 0.05) is 80.1 Å². The number of cyclic esters (lactones) is 1. The molecule has 3 amide bonds. The molecular formula is C54H71N7O8. The van der Waals surface area contributed by atoms with Gasteiger partial charge in [0.25, 0.3) is 5.91 Å². The second kappa shape index (κ2) is 21.8. The average molecular weight is 946 g/mol. The highest BCUT2D eigenvalue weighted by Gasteiger charge is 2.41. The molecule has 1 saturated carbocycles. The Labute approximate surface area is 406 Å². The molecule has 4 aromatic rings. The van der Waals surface area contributed by atoms with Gasteiger partial charge in [0.2, 0.25) is 11.8 Å². The van der Waals surface area contributed by atoms with Crippen molar-refractivity contribution >= 4 is 40.4 Å². The smallest absolute Gasteiger partial charge is 0.324 e. The van der Waals surface area contributed by atoms with E-state index in [2.05, 4.69) is 54.3 Å². The Morgan fingerprint density at radius 1 is 1.04 bits per heavy atom. The number of ether oxygens (including phenoxy) is 2. The monoisotopic (exact) mass is 946 g/mol. The van der Waals surface area contributed by atoms with Crippen LogP contribution in [0.5, 0.6) is 5.75 Å². The largest absolute Gasteiger partial charge is 0.508 e. The summed E-state index contributed by atoms with van der Waals surface area (Å²) >= 11 is 0. The molecule has 2 fully saturated rings. The van der Waals surface area contributed by atoms with Crippen LogP contribution < -0.4 is 10.7 Å². The van der Waals surface area contributed by atoms with E-state index in [-0.39, 0.29) is 48.8 Å². The van der Waals surface area contributed by atoms with Crippen LogP contribution in [-0.4, -0.2) is 125 Å². The predicted molar refractivity (Wildman–Crippen MR) is 266 cm³/mol. The van der Waals surface area contributed by atoms with Crippen LogP contribution in [0.2, 0.25) is 0 Å². The molecule has 2 aliphatic heterocycles. The van der Waals surface area contributed by atoms with Crippen molar-refractivity contribution in [1.82, 2.24) is 35.1 Å². The minimum absolute atomic E-state index is 0.00315. The van der Waals surface area contributed by atoms with Gasteiger partial charge in [0.15, 0.2) is 5.78 Å². The molecular weight excluding hydrogens is 875 g/mol. The maximum Gasteiger partial charge on any atom is 0.324 e. The minimum Gasteiger partial charge on any atom is -0.508 e. The SMILES string of the molecule is CCn1c(-c2cccnc2COC)c2c3cc(ccc31)-c1cc(O)cc(c1)C[C@H](NC(=O)C(C(C)C)N(C)C(=O)[C@H]1CCC(C(=O)/C=C\CN(C)C)C1)C(=O)N1CCC[C@H](N1)C(=O)OCC(C)(C)C2. The number of nitrogens with zero attached hydrogens (tertiary/aromatic N) is 5. The summed E-state index contributed by atoms with van der Waals surface area (Å²) in [7, 11) is 7.13. The maximum atomic E-state index is 14.8. The number of pyridine rings is 1. The topological polar surface area (TPSA) is 176 Å². The summed E-state index contributed by atoms with van der Waals surface area (Å²) in [6.45, 7) is 12.0. The Kier molecular flexibility index (Phi) is 16.1. The molecule has 4 heterocycles. The Morgan fingerprint density at radius 2 is 1.81 bits per heavy atom. The number of likely N-dealkylation sites (N-methyl/N-ethyl adjacent to an activating group) is 2. The number of nitrogens with one attached hydrogen (secondary N) is 2. The van der Waals surface area contributed by atoms with Crippen LogP contribution in [0.25, 0.3) is 33.3 Å². The lowest BCUT2D eigenvalue weighted by Crippen LogP contribution is -2.62. The number of allylic oxidation sites excluding steroid dienone is 1. The summed E-state index contributed by atoms with van der Waals surface area (Å²) < 4.78 is 14.0. The van der Waals surface area contributed by atoms with Crippen LogP contribution in [0.4, 0.5) is 0 Å². The number of phenolic OH excluding ortho intramolecular Hbond substituents is 1. The quantitative estimate of drug-likeness (QED) is 0.0989. The molecule has 5 atom stereocenters. The van der Waals surface area contributed by atoms with E-state index in [4.69, 9.17) is 14.5 Å². The van der Waals surface area contributed by atoms with Gasteiger partial charge in [-0.1, -0.05) is 45.9 Å². The maximum absolute atomic E-state index is 14.8. The third-order valence-corrected chi connectivity index (χ3v) is 13.9. The lowest BCUT2D eigenvalue weighted by Gasteiger charge is -2.37. The summed E-state index contributed by atoms with van der Waals surface area (Å²) in [5.41, 5.74) is 9.59. The average Bonchev–Trinajstić information content (AvgIpc) is 3.93. The van der Waals surface area contributed by atoms with Crippen molar-refractivity contribution < 1.29 is 38.6 Å². The van der Waals surface area contributed by atoms with Crippen LogP contribution in [-0.2, 0) is 59.4 Å². The van der Waals surface area contributed by atoms with E-state index in [0.29, 0.717) is 63.8 Å². The molecule has 3 aliphatic rings. The van der Waals surface area contributed by atoms with E-state index >= 15 is 0 Å². The number of ketones is 1. The number of benzene rings is 2. The highest BCUT2D eigenvalue weighted by atomic mass is 16.5. The molecule has 7 rings (SSSR count). The van der Waals surface area contributed by atoms with Gasteiger partial charge in [-0.2, -0.15) is 0 Å². The van der Waals surface area contributed by atoms with E-state index in [1.54, 1.807) is 38.6 Å². The second-order valence-corrected chi connectivity index (χ2v) is 20.6. The third kappa shape index (κ3) is 11.6. The molecule has 6 bridgehead atoms. The van der Waals surface area contributed by atoms with Crippen LogP contribution in [0.3, 0.4) is 0 Å². The molecule has 2 aromatic carbocycles. The molecule has 1 aliphatic carbocycles. The van der Waals surface area contributed by atoms with Crippen LogP contribution >= 0.6 is 0 Å². The Balaban J connectivity index is 1.25. The fourth-order valence-corrected chi connectivity index (χ4v) is 10.5. The number of hydrogen-bond donors (Lipinski definition) is 3. The first-order valence-corrected chi connectivity index (χ1v) is 24.5. The lowest BCUT2D eigenvalue weighted by molar-refractivity contribution is -0.155. The molecule has 370 valence electrons. The van der Waals surface area contributed by atoms with Gasteiger partial charge in [-0.05, 0) is 130 Å². The molecule has 3 N–H and O–H groups in total. The first-order chi connectivity index (χ1) is 32.9. The zero-order chi connectivity index (χ0) is 49.7. The van der Waals surface area contributed by atoms with Crippen molar-refractivity contribution in [2.75, 3.05) is 47.9 Å². The van der Waals surface area contributed by atoms with Crippen LogP contribution in [0, 0.1) is 23.2 Å². The Morgan fingerprint density at radius 3 is 2.54 bits per heavy atom. The summed E-state index contributed by atoms with van der Waals surface area (Å²) in [5.74, 6) is -2.69. The summed E-state index contributed by atoms with van der Waals surface area (Å²) in [6.07, 6.45) is 8.24. The third-order valence-electron chi connectivity index (χ3n) is 13.9. The number of rotatable bonds is 13. The normalized spacial score (nSPS) is 21.4. The van der Waals surface area contributed by atoms with Crippen molar-refractivity contribution in [3.05, 3.63) is 83.7 Å². The zero-order valence-corrected chi connectivity index (χ0v) is 41.8. The van der Waals surface area contributed by atoms with Gasteiger partial charge in [-0.25, -0.2) is 5.43 Å². The van der Waals surface area contributed by atoms with Crippen LogP contribution in [0.1, 0.15) is 83.5 Å². The number of aromatic hydroxyl groups is 1. The van der Waals surface area contributed by atoms with Crippen molar-refractivity contribution in [3.63, 3.8) is 0 Å². The fourth-order valence-electron chi connectivity index (χ4n) is 10.5. The number of phenols is 1. The molecule has 2 aromatic heterocycles. The van der Waals surface area contributed by atoms with E-state index in [1.165, 1.54) is 9.91 Å². The van der Waals surface area contributed by atoms with E-state index in [0.717, 1.165) is 44.5 Å². The van der Waals surface area contributed by atoms with Gasteiger partial charge in [-0.15, -0.1) is 0 Å². The summed E-state index contributed by atoms with van der Waals surface area (Å²) in [6, 6.07) is 12.6. The lowest BCUT2D eigenvalue weighted by atomic mass is 9.84. The number of hydrogen-bond acceptors (Lipinski definition) is 11. The molecule has 0 spiro atoms. The fraction of sp³-hybridized carbons (Fsp3) is 0.519. The van der Waals surface area contributed by atoms with Gasteiger partial charge in [0.1, 0.15) is 23.9 Å². The number of amides is 3. The van der Waals surface area contributed by atoms with Crippen molar-refractivity contribution in [3.8, 4) is 28.1 Å². The van der Waals surface area contributed by atoms with Gasteiger partial charge in [-0.3, -0.25) is 34.0 Å². The van der Waals surface area contributed by atoms with Gasteiger partial charge in [0.05, 0.1) is 24.6 Å². The van der Waals surface area contributed by atoms with Crippen molar-refractivity contribution in [2.24, 2.45) is 23.2 Å². The summed E-state index contributed by atoms with van der Waals surface area (Å²) in [4.78, 5) is 78.6. The number of fused-ring (bicyclic) bond motifs is 6. The minimum atomic E-state index is -1.16. The van der Waals surface area contributed by atoms with Crippen molar-refractivity contribution in [2.45, 2.75) is 111 Å². The molecule has 1 saturated heterocycles. The standard InChI is InChI=1S/C54H71N7O8/c1-10-60-46-20-19-35-29-41(46)42(49(60)40-14-11-21-55-45(40)31-68-9)30-54(4,5)32-69-53(67)43-15-12-23-61(57-43)52(66)44(26-34-24-38(35)28-39(62)25-34)56-50(64)48(33(2)3)59(8)51(65)37-18-17-36(27-37)47(63)16-13-22-58(6)7/h11,13-14,16,19-21,24-25,28-29,33,36-37,43-44,48,57,62H,10,12,15,17-18,22-23,26-27,30-32H2,1-9H3,(H,56,64)/b16-13-/t36?,37-,43-,44-,48?/m0/s1. The Hall–Kier alpha value is -5.90. The number of carbonyl (C=O) groups is 5. The predicted octanol–water partition coefficient (Wildman–Crippen LogP) is 6.48. The van der Waals surface area contributed by atoms with Crippen LogP contribution in [0.15, 0.2) is 66.9 Å². The highest BCUT2D eigenvalue weighted by molar-refractivity contribution is 5.96. The van der Waals surface area contributed by atoms with E-state index < -0.39 is 47.2 Å². The number of carbonyl (C=O) groups excluding carboxylic acids is 5. The number of methoxy groups -OCH3 is 1. The summed E-state index contributed by atoms with van der Waals surface area (Å²) in [5, 5.41) is 16.8. The van der Waals surface area contributed by atoms with E-state index in [9.17, 15) is 29.1 Å². The number of aryl methyl sites for hydroxylation is 1. The molecule has 15 heteroatoms. The molecule has 69 heavy (non-hydrogen) atoms.